The summed E-state index contributed by atoms with van der Waals surface area (Å²) >= 11 is 1.46. The number of hydrogen-bond acceptors (Lipinski definition) is 3. The second kappa shape index (κ2) is 8.39. The molecule has 1 spiro atoms. The van der Waals surface area contributed by atoms with Crippen LogP contribution in [0.5, 0.6) is 0 Å². The zero-order chi connectivity index (χ0) is 22.3. The Kier molecular flexibility index (Phi) is 5.57. The Bertz CT molecular complexity index is 1060. The summed E-state index contributed by atoms with van der Waals surface area (Å²) in [7, 11) is 0. The van der Waals surface area contributed by atoms with Crippen LogP contribution in [0.15, 0.2) is 42.5 Å². The molecule has 1 saturated heterocycles. The van der Waals surface area contributed by atoms with Crippen LogP contribution in [-0.4, -0.2) is 35.2 Å². The van der Waals surface area contributed by atoms with Crippen molar-refractivity contribution < 1.29 is 18.4 Å². The molecule has 0 aromatic heterocycles. The highest BCUT2D eigenvalue weighted by atomic mass is 32.2. The first-order chi connectivity index (χ1) is 15.5. The zero-order valence-electron chi connectivity index (χ0n) is 17.7. The molecule has 168 valence electrons. The standard InChI is InChI=1S/C24H25F2N3O2S/c25-19-11-10-16(14-20(19)26)15-28-21-9-5-4-8-18(21)24(22(28)30)29(12-13-32-24)23(31)27-17-6-2-1-3-7-17/h4-5,8-11,14,17H,1-3,6-7,12-13,15H2,(H,27,31). The smallest absolute Gasteiger partial charge is 0.319 e. The largest absolute Gasteiger partial charge is 0.335 e. The quantitative estimate of drug-likeness (QED) is 0.723. The molecule has 3 aliphatic rings. The van der Waals surface area contributed by atoms with Crippen molar-refractivity contribution in [1.29, 1.82) is 0 Å². The van der Waals surface area contributed by atoms with Crippen LogP contribution < -0.4 is 10.2 Å². The van der Waals surface area contributed by atoms with Gasteiger partial charge >= 0.3 is 6.03 Å². The van der Waals surface area contributed by atoms with Crippen molar-refractivity contribution in [3.05, 3.63) is 65.2 Å². The predicted octanol–water partition coefficient (Wildman–Crippen LogP) is 4.76. The van der Waals surface area contributed by atoms with Gasteiger partial charge in [-0.15, -0.1) is 11.8 Å². The summed E-state index contributed by atoms with van der Waals surface area (Å²) in [6.45, 7) is 0.579. The highest BCUT2D eigenvalue weighted by Gasteiger charge is 2.59. The van der Waals surface area contributed by atoms with Gasteiger partial charge in [0.15, 0.2) is 16.5 Å². The fourth-order valence-electron chi connectivity index (χ4n) is 5.04. The van der Waals surface area contributed by atoms with E-state index in [4.69, 9.17) is 0 Å². The van der Waals surface area contributed by atoms with E-state index in [1.807, 2.05) is 24.3 Å². The van der Waals surface area contributed by atoms with Gasteiger partial charge in [0.2, 0.25) is 0 Å². The van der Waals surface area contributed by atoms with E-state index in [9.17, 15) is 18.4 Å². The van der Waals surface area contributed by atoms with E-state index in [-0.39, 0.29) is 24.5 Å². The molecular formula is C24H25F2N3O2S. The van der Waals surface area contributed by atoms with E-state index in [2.05, 4.69) is 5.32 Å². The number of amides is 3. The first-order valence-corrected chi connectivity index (χ1v) is 12.1. The summed E-state index contributed by atoms with van der Waals surface area (Å²) in [4.78, 5) is 29.3. The summed E-state index contributed by atoms with van der Waals surface area (Å²) in [6, 6.07) is 11.0. The fourth-order valence-corrected chi connectivity index (χ4v) is 6.51. The number of fused-ring (bicyclic) bond motifs is 2. The number of anilines is 1. The van der Waals surface area contributed by atoms with E-state index in [0.717, 1.165) is 43.4 Å². The second-order valence-corrected chi connectivity index (χ2v) is 9.87. The van der Waals surface area contributed by atoms with Gasteiger partial charge in [-0.3, -0.25) is 9.69 Å². The molecule has 1 saturated carbocycles. The second-order valence-electron chi connectivity index (χ2n) is 8.59. The monoisotopic (exact) mass is 457 g/mol. The maximum absolute atomic E-state index is 13.9. The highest BCUT2D eigenvalue weighted by Crippen LogP contribution is 2.54. The molecule has 1 atom stereocenters. The molecule has 5 nitrogen and oxygen atoms in total. The number of urea groups is 1. The number of nitrogens with one attached hydrogen (secondary N) is 1. The molecule has 2 fully saturated rings. The average molecular weight is 458 g/mol. The van der Waals surface area contributed by atoms with Crippen LogP contribution in [-0.2, 0) is 16.2 Å². The van der Waals surface area contributed by atoms with Crippen LogP contribution in [0, 0.1) is 11.6 Å². The lowest BCUT2D eigenvalue weighted by Gasteiger charge is -2.35. The third kappa shape index (κ3) is 3.45. The number of carbonyl (C=O) groups is 2. The fraction of sp³-hybridized carbons (Fsp3) is 0.417. The molecule has 0 radical (unpaired) electrons. The van der Waals surface area contributed by atoms with Gasteiger partial charge in [-0.2, -0.15) is 0 Å². The average Bonchev–Trinajstić information content (AvgIpc) is 3.34. The Morgan fingerprint density at radius 2 is 1.88 bits per heavy atom. The van der Waals surface area contributed by atoms with Gasteiger partial charge in [-0.25, -0.2) is 13.6 Å². The molecule has 2 aromatic carbocycles. The van der Waals surface area contributed by atoms with E-state index in [1.165, 1.54) is 24.2 Å². The molecule has 1 aliphatic carbocycles. The van der Waals surface area contributed by atoms with Crippen molar-refractivity contribution in [1.82, 2.24) is 10.2 Å². The van der Waals surface area contributed by atoms with Crippen LogP contribution in [0.3, 0.4) is 0 Å². The van der Waals surface area contributed by atoms with Gasteiger partial charge in [0.25, 0.3) is 5.91 Å². The molecular weight excluding hydrogens is 432 g/mol. The summed E-state index contributed by atoms with van der Waals surface area (Å²) in [5, 5.41) is 3.15. The van der Waals surface area contributed by atoms with Crippen molar-refractivity contribution in [3.63, 3.8) is 0 Å². The number of halogens is 2. The number of nitrogens with zero attached hydrogens (tertiary/aromatic N) is 2. The first-order valence-electron chi connectivity index (χ1n) is 11.1. The Morgan fingerprint density at radius 1 is 1.09 bits per heavy atom. The van der Waals surface area contributed by atoms with Crippen LogP contribution in [0.25, 0.3) is 0 Å². The van der Waals surface area contributed by atoms with Crippen LogP contribution >= 0.6 is 11.8 Å². The first kappa shape index (κ1) is 21.2. The molecule has 2 heterocycles. The number of rotatable bonds is 3. The van der Waals surface area contributed by atoms with Gasteiger partial charge in [-0.1, -0.05) is 43.5 Å². The maximum atomic E-state index is 13.9. The summed E-state index contributed by atoms with van der Waals surface area (Å²) in [5.74, 6) is -1.43. The van der Waals surface area contributed by atoms with Gasteiger partial charge in [0, 0.05) is 23.9 Å². The van der Waals surface area contributed by atoms with Gasteiger partial charge in [0.1, 0.15) is 0 Å². The normalized spacial score (nSPS) is 23.1. The molecule has 3 amide bonds. The molecule has 1 unspecified atom stereocenters. The van der Waals surface area contributed by atoms with E-state index < -0.39 is 16.5 Å². The minimum absolute atomic E-state index is 0.105. The van der Waals surface area contributed by atoms with Crippen molar-refractivity contribution in [2.24, 2.45) is 0 Å². The van der Waals surface area contributed by atoms with E-state index in [1.54, 1.807) is 9.80 Å². The van der Waals surface area contributed by atoms with E-state index in [0.29, 0.717) is 23.5 Å². The van der Waals surface area contributed by atoms with Crippen molar-refractivity contribution in [3.8, 4) is 0 Å². The minimum atomic E-state index is -1.13. The zero-order valence-corrected chi connectivity index (χ0v) is 18.5. The van der Waals surface area contributed by atoms with Crippen molar-refractivity contribution >= 4 is 29.4 Å². The van der Waals surface area contributed by atoms with E-state index >= 15 is 0 Å². The number of carbonyl (C=O) groups excluding carboxylic acids is 2. The van der Waals surface area contributed by atoms with Crippen molar-refractivity contribution in [2.75, 3.05) is 17.2 Å². The van der Waals surface area contributed by atoms with Crippen LogP contribution in [0.2, 0.25) is 0 Å². The molecule has 8 heteroatoms. The lowest BCUT2D eigenvalue weighted by molar-refractivity contribution is -0.123. The number of para-hydroxylation sites is 1. The lowest BCUT2D eigenvalue weighted by atomic mass is 9.95. The molecule has 5 rings (SSSR count). The van der Waals surface area contributed by atoms with Gasteiger partial charge in [0.05, 0.1) is 12.2 Å². The molecule has 1 N–H and O–H groups in total. The molecule has 2 aromatic rings. The SMILES string of the molecule is O=C(NC1CCCCC1)N1CCSC12C(=O)N(Cc1ccc(F)c(F)c1)c1ccccc12. The summed E-state index contributed by atoms with van der Waals surface area (Å²) < 4.78 is 27.2. The molecule has 0 bridgehead atoms. The summed E-state index contributed by atoms with van der Waals surface area (Å²) in [5.41, 5.74) is 1.96. The number of thioether (sulfide) groups is 1. The van der Waals surface area contributed by atoms with Gasteiger partial charge in [-0.05, 0) is 36.6 Å². The molecule has 32 heavy (non-hydrogen) atoms. The Balaban J connectivity index is 1.47. The van der Waals surface area contributed by atoms with Gasteiger partial charge < -0.3 is 10.2 Å². The highest BCUT2D eigenvalue weighted by molar-refractivity contribution is 8.01. The topological polar surface area (TPSA) is 52.7 Å². The number of hydrogen-bond donors (Lipinski definition) is 1. The Labute approximate surface area is 190 Å². The third-order valence-corrected chi connectivity index (χ3v) is 8.02. The van der Waals surface area contributed by atoms with Crippen LogP contribution in [0.4, 0.5) is 19.3 Å². The summed E-state index contributed by atoms with van der Waals surface area (Å²) in [6.07, 6.45) is 5.34. The Hall–Kier alpha value is -2.61. The Morgan fingerprint density at radius 3 is 2.66 bits per heavy atom. The third-order valence-electron chi connectivity index (χ3n) is 6.60. The maximum Gasteiger partial charge on any atom is 0.319 e. The van der Waals surface area contributed by atoms with Crippen molar-refractivity contribution in [2.45, 2.75) is 49.6 Å². The molecule has 2 aliphatic heterocycles. The minimum Gasteiger partial charge on any atom is -0.335 e. The van der Waals surface area contributed by atoms with Crippen LogP contribution in [0.1, 0.15) is 43.2 Å². The predicted molar refractivity (Wildman–Crippen MR) is 120 cm³/mol. The lowest BCUT2D eigenvalue weighted by Crippen LogP contribution is -2.55. The number of benzene rings is 2.